The van der Waals surface area contributed by atoms with Crippen molar-refractivity contribution in [2.75, 3.05) is 0 Å². The predicted molar refractivity (Wildman–Crippen MR) is 256 cm³/mol. The molecule has 5 heteroatoms. The molecule has 0 unspecified atom stereocenters. The number of hydrogen-bond donors (Lipinski definition) is 0. The summed E-state index contributed by atoms with van der Waals surface area (Å²) in [4.78, 5) is 16.2. The molecule has 0 atom stereocenters. The lowest BCUT2D eigenvalue weighted by Crippen LogP contribution is -2.07. The molecule has 0 radical (unpaired) electrons. The van der Waals surface area contributed by atoms with E-state index in [1.807, 2.05) is 12.1 Å². The molecule has 0 bridgehead atoms. The summed E-state index contributed by atoms with van der Waals surface area (Å²) in [5.41, 5.74) is 14.0. The lowest BCUT2D eigenvalue weighted by Gasteiger charge is -2.15. The molecule has 0 aliphatic rings. The molecular weight excluding hydrogens is 755 g/mol. The first kappa shape index (κ1) is 35.5. The van der Waals surface area contributed by atoms with Crippen LogP contribution in [0.2, 0.25) is 0 Å². The van der Waals surface area contributed by atoms with Crippen LogP contribution in [0.25, 0.3) is 111 Å². The molecule has 5 nitrogen and oxygen atoms in total. The molecule has 0 aliphatic heterocycles. The van der Waals surface area contributed by atoms with E-state index in [4.69, 9.17) is 15.0 Å². The van der Waals surface area contributed by atoms with Crippen molar-refractivity contribution in [1.29, 1.82) is 0 Å². The lowest BCUT2D eigenvalue weighted by atomic mass is 9.96. The first-order chi connectivity index (χ1) is 30.8. The number of fused-ring (bicyclic) bond motifs is 7. The summed E-state index contributed by atoms with van der Waals surface area (Å²) >= 11 is 0. The Morgan fingerprint density at radius 1 is 0.290 bits per heavy atom. The zero-order valence-corrected chi connectivity index (χ0v) is 33.6. The number of benzene rings is 9. The van der Waals surface area contributed by atoms with E-state index in [0.29, 0.717) is 17.6 Å². The number of rotatable bonds is 7. The van der Waals surface area contributed by atoms with Gasteiger partial charge in [-0.05, 0) is 69.8 Å². The Kier molecular flexibility index (Phi) is 8.42. The van der Waals surface area contributed by atoms with Crippen LogP contribution in [0.15, 0.2) is 224 Å². The highest BCUT2D eigenvalue weighted by molar-refractivity contribution is 6.28. The Balaban J connectivity index is 1.21. The standard InChI is InChI=1S/C57H37N5/c1-5-18-38(19-6-1)40-32-34-42(35-33-40)55-58-56(44-25-17-24-43(36-44)39-20-7-2-8-21-39)60-57(59-55)62-51-31-16-14-29-47(51)52-48(41-22-9-3-10-23-41)37-49-46-28-13-15-30-50(46)61(53(49)54(52)62)45-26-11-4-12-27-45/h1-37H. The average molecular weight is 792 g/mol. The van der Waals surface area contributed by atoms with E-state index in [1.165, 1.54) is 5.39 Å². The zero-order valence-electron chi connectivity index (χ0n) is 33.6. The molecule has 3 heterocycles. The maximum atomic E-state index is 5.47. The largest absolute Gasteiger partial charge is 0.307 e. The Hall–Kier alpha value is -8.41. The number of nitrogens with zero attached hydrogens (tertiary/aromatic N) is 5. The van der Waals surface area contributed by atoms with Crippen molar-refractivity contribution in [3.63, 3.8) is 0 Å². The van der Waals surface area contributed by atoms with Crippen LogP contribution < -0.4 is 0 Å². The molecule has 12 aromatic rings. The van der Waals surface area contributed by atoms with Gasteiger partial charge in [-0.3, -0.25) is 4.57 Å². The highest BCUT2D eigenvalue weighted by Crippen LogP contribution is 2.46. The van der Waals surface area contributed by atoms with Crippen molar-refractivity contribution in [3.05, 3.63) is 224 Å². The van der Waals surface area contributed by atoms with Gasteiger partial charge in [0.1, 0.15) is 0 Å². The van der Waals surface area contributed by atoms with Gasteiger partial charge in [0.15, 0.2) is 11.6 Å². The highest BCUT2D eigenvalue weighted by atomic mass is 15.2. The van der Waals surface area contributed by atoms with Crippen molar-refractivity contribution >= 4 is 43.6 Å². The number of hydrogen-bond acceptors (Lipinski definition) is 3. The molecule has 0 spiro atoms. The first-order valence-corrected chi connectivity index (χ1v) is 21.0. The van der Waals surface area contributed by atoms with Gasteiger partial charge in [0.05, 0.1) is 22.1 Å². The summed E-state index contributed by atoms with van der Waals surface area (Å²) in [6.07, 6.45) is 0. The van der Waals surface area contributed by atoms with Crippen LogP contribution in [0.1, 0.15) is 0 Å². The zero-order chi connectivity index (χ0) is 41.0. The Morgan fingerprint density at radius 3 is 1.45 bits per heavy atom. The van der Waals surface area contributed by atoms with E-state index in [1.54, 1.807) is 0 Å². The maximum Gasteiger partial charge on any atom is 0.238 e. The van der Waals surface area contributed by atoms with Crippen molar-refractivity contribution in [1.82, 2.24) is 24.1 Å². The third-order valence-electron chi connectivity index (χ3n) is 12.0. The highest BCUT2D eigenvalue weighted by Gasteiger charge is 2.26. The minimum absolute atomic E-state index is 0.546. The molecular formula is C57H37N5. The molecule has 0 saturated carbocycles. The average Bonchev–Trinajstić information content (AvgIpc) is 3.88. The Bertz CT molecular complexity index is 3590. The van der Waals surface area contributed by atoms with Gasteiger partial charge in [0.2, 0.25) is 5.95 Å². The minimum Gasteiger partial charge on any atom is -0.307 e. The van der Waals surface area contributed by atoms with Gasteiger partial charge in [-0.25, -0.2) is 4.98 Å². The Morgan fingerprint density at radius 2 is 0.774 bits per heavy atom. The molecule has 0 saturated heterocycles. The van der Waals surface area contributed by atoms with E-state index in [9.17, 15) is 0 Å². The van der Waals surface area contributed by atoms with Crippen LogP contribution in [-0.4, -0.2) is 24.1 Å². The fraction of sp³-hybridized carbons (Fsp3) is 0. The summed E-state index contributed by atoms with van der Waals surface area (Å²) < 4.78 is 4.69. The lowest BCUT2D eigenvalue weighted by molar-refractivity contribution is 0.953. The second-order valence-electron chi connectivity index (χ2n) is 15.6. The molecule has 0 amide bonds. The van der Waals surface area contributed by atoms with Crippen LogP contribution in [0.3, 0.4) is 0 Å². The molecule has 0 aliphatic carbocycles. The topological polar surface area (TPSA) is 48.5 Å². The maximum absolute atomic E-state index is 5.47. The van der Waals surface area contributed by atoms with Gasteiger partial charge in [-0.15, -0.1) is 0 Å². The van der Waals surface area contributed by atoms with Gasteiger partial charge in [-0.1, -0.05) is 188 Å². The third-order valence-corrected chi connectivity index (χ3v) is 12.0. The van der Waals surface area contributed by atoms with Crippen LogP contribution in [-0.2, 0) is 0 Å². The van der Waals surface area contributed by atoms with Crippen LogP contribution >= 0.6 is 0 Å². The van der Waals surface area contributed by atoms with Crippen molar-refractivity contribution in [2.24, 2.45) is 0 Å². The van der Waals surface area contributed by atoms with E-state index in [0.717, 1.165) is 88.4 Å². The molecule has 0 N–H and O–H groups in total. The molecule has 12 rings (SSSR count). The first-order valence-electron chi connectivity index (χ1n) is 21.0. The predicted octanol–water partition coefficient (Wildman–Crippen LogP) is 14.4. The van der Waals surface area contributed by atoms with Crippen LogP contribution in [0, 0.1) is 0 Å². The molecule has 3 aromatic heterocycles. The normalized spacial score (nSPS) is 11.5. The summed E-state index contributed by atoms with van der Waals surface area (Å²) in [5, 5.41) is 4.59. The van der Waals surface area contributed by atoms with Crippen molar-refractivity contribution in [2.45, 2.75) is 0 Å². The fourth-order valence-corrected chi connectivity index (χ4v) is 9.13. The summed E-state index contributed by atoms with van der Waals surface area (Å²) in [6.45, 7) is 0. The van der Waals surface area contributed by atoms with Crippen LogP contribution in [0.5, 0.6) is 0 Å². The minimum atomic E-state index is 0.546. The van der Waals surface area contributed by atoms with Gasteiger partial charge in [0, 0.05) is 38.4 Å². The van der Waals surface area contributed by atoms with E-state index < -0.39 is 0 Å². The SMILES string of the molecule is c1ccc(-c2ccc(-c3nc(-c4cccc(-c5ccccc5)c4)nc(-n4c5ccccc5c5c(-c6ccccc6)cc6c7ccccc7n(-c7ccccc7)c6c54)n3)cc2)cc1. The van der Waals surface area contributed by atoms with E-state index in [-0.39, 0.29) is 0 Å². The smallest absolute Gasteiger partial charge is 0.238 e. The molecule has 9 aromatic carbocycles. The Labute approximate surface area is 358 Å². The van der Waals surface area contributed by atoms with Crippen LogP contribution in [0.4, 0.5) is 0 Å². The van der Waals surface area contributed by atoms with Crippen molar-refractivity contribution < 1.29 is 0 Å². The summed E-state index contributed by atoms with van der Waals surface area (Å²) in [5.74, 6) is 1.74. The number of para-hydroxylation sites is 3. The van der Waals surface area contributed by atoms with Gasteiger partial charge < -0.3 is 4.57 Å². The summed E-state index contributed by atoms with van der Waals surface area (Å²) in [6, 6.07) is 79.2. The molecule has 0 fully saturated rings. The van der Waals surface area contributed by atoms with Gasteiger partial charge in [0.25, 0.3) is 0 Å². The third kappa shape index (κ3) is 5.90. The molecule has 62 heavy (non-hydrogen) atoms. The monoisotopic (exact) mass is 791 g/mol. The summed E-state index contributed by atoms with van der Waals surface area (Å²) in [7, 11) is 0. The number of aromatic nitrogens is 5. The second kappa shape index (κ2) is 14.7. The molecule has 290 valence electrons. The second-order valence-corrected chi connectivity index (χ2v) is 15.6. The van der Waals surface area contributed by atoms with E-state index >= 15 is 0 Å². The van der Waals surface area contributed by atoms with E-state index in [2.05, 4.69) is 221 Å². The fourth-order valence-electron chi connectivity index (χ4n) is 9.13. The van der Waals surface area contributed by atoms with Crippen molar-refractivity contribution in [3.8, 4) is 67.8 Å². The quantitative estimate of drug-likeness (QED) is 0.162. The van der Waals surface area contributed by atoms with Gasteiger partial charge >= 0.3 is 0 Å². The van der Waals surface area contributed by atoms with Gasteiger partial charge in [-0.2, -0.15) is 9.97 Å².